The van der Waals surface area contributed by atoms with Gasteiger partial charge in [0.25, 0.3) is 11.8 Å². The van der Waals surface area contributed by atoms with Crippen molar-refractivity contribution in [1.29, 1.82) is 0 Å². The molecule has 1 N–H and O–H groups in total. The van der Waals surface area contributed by atoms with Crippen molar-refractivity contribution in [1.82, 2.24) is 4.90 Å². The molecule has 0 unspecified atom stereocenters. The monoisotopic (exact) mass is 302 g/mol. The maximum atomic E-state index is 12.2. The fourth-order valence-corrected chi connectivity index (χ4v) is 2.62. The molecule has 1 heterocycles. The lowest BCUT2D eigenvalue weighted by Crippen LogP contribution is -2.30. The lowest BCUT2D eigenvalue weighted by Gasteiger charge is -2.18. The van der Waals surface area contributed by atoms with Gasteiger partial charge in [0.15, 0.2) is 0 Å². The van der Waals surface area contributed by atoms with Gasteiger partial charge in [-0.25, -0.2) is 0 Å². The predicted octanol–water partition coefficient (Wildman–Crippen LogP) is 3.48. The quantitative estimate of drug-likeness (QED) is 0.919. The molecule has 21 heavy (non-hydrogen) atoms. The first kappa shape index (κ1) is 15.3. The molecule has 4 nitrogen and oxygen atoms in total. The fraction of sp³-hybridized carbons (Fsp3) is 0.250. The van der Waals surface area contributed by atoms with Crippen molar-refractivity contribution in [3.8, 4) is 0 Å². The van der Waals surface area contributed by atoms with Crippen LogP contribution in [0, 0.1) is 0 Å². The molecule has 0 bridgehead atoms. The standard InChI is InChI=1S/C16H18N2O2S/c1-3-18(4-2)16(20)12-5-7-14(8-6-12)17-15(19)13-9-10-21-11-13/h5-11H,3-4H2,1-2H3,(H,17,19). The minimum absolute atomic E-state index is 0.00992. The molecule has 0 fully saturated rings. The van der Waals surface area contributed by atoms with Gasteiger partial charge in [0.05, 0.1) is 5.56 Å². The van der Waals surface area contributed by atoms with Crippen LogP contribution in [0.4, 0.5) is 5.69 Å². The van der Waals surface area contributed by atoms with E-state index in [2.05, 4.69) is 5.32 Å². The Labute approximate surface area is 128 Å². The summed E-state index contributed by atoms with van der Waals surface area (Å²) in [6.45, 7) is 5.28. The summed E-state index contributed by atoms with van der Waals surface area (Å²) in [5, 5.41) is 6.47. The molecule has 1 aromatic heterocycles. The number of rotatable bonds is 5. The Hall–Kier alpha value is -2.14. The van der Waals surface area contributed by atoms with Gasteiger partial charge in [-0.05, 0) is 49.6 Å². The minimum atomic E-state index is -0.140. The Bertz CT molecular complexity index is 602. The van der Waals surface area contributed by atoms with Gasteiger partial charge in [-0.15, -0.1) is 0 Å². The number of amides is 2. The number of carbonyl (C=O) groups is 2. The van der Waals surface area contributed by atoms with Crippen molar-refractivity contribution < 1.29 is 9.59 Å². The van der Waals surface area contributed by atoms with E-state index in [4.69, 9.17) is 0 Å². The van der Waals surface area contributed by atoms with Crippen LogP contribution < -0.4 is 5.32 Å². The van der Waals surface area contributed by atoms with Gasteiger partial charge in [-0.1, -0.05) is 0 Å². The normalized spacial score (nSPS) is 10.2. The van der Waals surface area contributed by atoms with Gasteiger partial charge in [0.2, 0.25) is 0 Å². The highest BCUT2D eigenvalue weighted by molar-refractivity contribution is 7.08. The first-order valence-corrected chi connectivity index (χ1v) is 7.82. The topological polar surface area (TPSA) is 49.4 Å². The molecule has 0 aliphatic carbocycles. The van der Waals surface area contributed by atoms with Crippen LogP contribution in [-0.2, 0) is 0 Å². The molecule has 1 aromatic carbocycles. The summed E-state index contributed by atoms with van der Waals surface area (Å²) < 4.78 is 0. The van der Waals surface area contributed by atoms with Crippen LogP contribution in [0.1, 0.15) is 34.6 Å². The minimum Gasteiger partial charge on any atom is -0.339 e. The van der Waals surface area contributed by atoms with Crippen LogP contribution in [0.25, 0.3) is 0 Å². The molecule has 0 aliphatic rings. The Balaban J connectivity index is 2.05. The first-order valence-electron chi connectivity index (χ1n) is 6.88. The second kappa shape index (κ2) is 7.04. The zero-order chi connectivity index (χ0) is 15.2. The van der Waals surface area contributed by atoms with E-state index >= 15 is 0 Å². The van der Waals surface area contributed by atoms with Gasteiger partial charge in [-0.2, -0.15) is 11.3 Å². The predicted molar refractivity (Wildman–Crippen MR) is 86.0 cm³/mol. The van der Waals surface area contributed by atoms with Crippen molar-refractivity contribution in [2.45, 2.75) is 13.8 Å². The summed E-state index contributed by atoms with van der Waals surface area (Å²) in [5.74, 6) is -0.130. The summed E-state index contributed by atoms with van der Waals surface area (Å²) in [6, 6.07) is 8.76. The number of thiophene rings is 1. The third kappa shape index (κ3) is 3.70. The van der Waals surface area contributed by atoms with Crippen molar-refractivity contribution in [2.24, 2.45) is 0 Å². The molecule has 2 amide bonds. The molecule has 5 heteroatoms. The highest BCUT2D eigenvalue weighted by Crippen LogP contribution is 2.14. The van der Waals surface area contributed by atoms with Crippen LogP contribution in [0.3, 0.4) is 0 Å². The largest absolute Gasteiger partial charge is 0.339 e. The summed E-state index contributed by atoms with van der Waals surface area (Å²) in [5.41, 5.74) is 1.96. The molecule has 2 rings (SSSR count). The third-order valence-corrected chi connectivity index (χ3v) is 3.91. The number of nitrogens with zero attached hydrogens (tertiary/aromatic N) is 1. The molecule has 0 saturated heterocycles. The number of carbonyl (C=O) groups excluding carboxylic acids is 2. The average Bonchev–Trinajstić information content (AvgIpc) is 3.03. The Morgan fingerprint density at radius 3 is 2.24 bits per heavy atom. The SMILES string of the molecule is CCN(CC)C(=O)c1ccc(NC(=O)c2ccsc2)cc1. The smallest absolute Gasteiger partial charge is 0.256 e. The maximum Gasteiger partial charge on any atom is 0.256 e. The molecule has 110 valence electrons. The summed E-state index contributed by atoms with van der Waals surface area (Å²) in [4.78, 5) is 25.8. The maximum absolute atomic E-state index is 12.2. The fourth-order valence-electron chi connectivity index (χ4n) is 1.99. The van der Waals surface area contributed by atoms with E-state index in [1.807, 2.05) is 19.2 Å². The number of benzene rings is 1. The Kier molecular flexibility index (Phi) is 5.11. The molecule has 0 atom stereocenters. The van der Waals surface area contributed by atoms with E-state index in [0.717, 1.165) is 0 Å². The van der Waals surface area contributed by atoms with E-state index in [9.17, 15) is 9.59 Å². The zero-order valence-corrected chi connectivity index (χ0v) is 12.9. The zero-order valence-electron chi connectivity index (χ0n) is 12.1. The van der Waals surface area contributed by atoms with Gasteiger partial charge in [0.1, 0.15) is 0 Å². The van der Waals surface area contributed by atoms with Gasteiger partial charge in [-0.3, -0.25) is 9.59 Å². The van der Waals surface area contributed by atoms with Gasteiger partial charge >= 0.3 is 0 Å². The van der Waals surface area contributed by atoms with Crippen LogP contribution in [0.2, 0.25) is 0 Å². The molecule has 0 spiro atoms. The van der Waals surface area contributed by atoms with Crippen molar-refractivity contribution in [3.05, 3.63) is 52.2 Å². The number of anilines is 1. The average molecular weight is 302 g/mol. The summed E-state index contributed by atoms with van der Waals surface area (Å²) >= 11 is 1.48. The van der Waals surface area contributed by atoms with E-state index in [1.54, 1.807) is 40.6 Å². The summed E-state index contributed by atoms with van der Waals surface area (Å²) in [6.07, 6.45) is 0. The highest BCUT2D eigenvalue weighted by Gasteiger charge is 2.12. The first-order chi connectivity index (χ1) is 10.2. The Morgan fingerprint density at radius 1 is 1.05 bits per heavy atom. The Morgan fingerprint density at radius 2 is 1.71 bits per heavy atom. The molecule has 0 saturated carbocycles. The third-order valence-electron chi connectivity index (χ3n) is 3.22. The molecular weight excluding hydrogens is 284 g/mol. The van der Waals surface area contributed by atoms with Crippen molar-refractivity contribution >= 4 is 28.8 Å². The highest BCUT2D eigenvalue weighted by atomic mass is 32.1. The van der Waals surface area contributed by atoms with Crippen molar-refractivity contribution in [2.75, 3.05) is 18.4 Å². The van der Waals surface area contributed by atoms with E-state index in [1.165, 1.54) is 11.3 Å². The van der Waals surface area contributed by atoms with Crippen LogP contribution in [0.5, 0.6) is 0 Å². The van der Waals surface area contributed by atoms with E-state index in [-0.39, 0.29) is 11.8 Å². The number of hydrogen-bond acceptors (Lipinski definition) is 3. The van der Waals surface area contributed by atoms with Crippen LogP contribution in [0.15, 0.2) is 41.1 Å². The van der Waals surface area contributed by atoms with Crippen molar-refractivity contribution in [3.63, 3.8) is 0 Å². The molecule has 2 aromatic rings. The second-order valence-electron chi connectivity index (χ2n) is 4.52. The number of hydrogen-bond donors (Lipinski definition) is 1. The van der Waals surface area contributed by atoms with Gasteiger partial charge < -0.3 is 10.2 Å². The van der Waals surface area contributed by atoms with Gasteiger partial charge in [0, 0.05) is 29.7 Å². The molecule has 0 radical (unpaired) electrons. The molecular formula is C16H18N2O2S. The lowest BCUT2D eigenvalue weighted by molar-refractivity contribution is 0.0773. The van der Waals surface area contributed by atoms with E-state index < -0.39 is 0 Å². The number of nitrogens with one attached hydrogen (secondary N) is 1. The van der Waals surface area contributed by atoms with E-state index in [0.29, 0.717) is 29.9 Å². The summed E-state index contributed by atoms with van der Waals surface area (Å²) in [7, 11) is 0. The van der Waals surface area contributed by atoms with Crippen LogP contribution >= 0.6 is 11.3 Å². The van der Waals surface area contributed by atoms with Crippen LogP contribution in [-0.4, -0.2) is 29.8 Å². The molecule has 0 aliphatic heterocycles. The lowest BCUT2D eigenvalue weighted by atomic mass is 10.1. The second-order valence-corrected chi connectivity index (χ2v) is 5.30.